The van der Waals surface area contributed by atoms with Gasteiger partial charge in [-0.2, -0.15) is 5.10 Å². The molecule has 0 aliphatic carbocycles. The largest absolute Gasteiger partial charge is 0.376 e. The van der Waals surface area contributed by atoms with Crippen LogP contribution in [0.5, 0.6) is 0 Å². The fourth-order valence-electron chi connectivity index (χ4n) is 2.43. The van der Waals surface area contributed by atoms with Gasteiger partial charge in [0.05, 0.1) is 12.8 Å². The number of carbonyl (C=O) groups excluding carboxylic acids is 1. The summed E-state index contributed by atoms with van der Waals surface area (Å²) in [5.41, 5.74) is 5.54. The first-order valence-corrected chi connectivity index (χ1v) is 7.82. The van der Waals surface area contributed by atoms with E-state index in [2.05, 4.69) is 21.9 Å². The first-order chi connectivity index (χ1) is 11.7. The Morgan fingerprint density at radius 2 is 1.75 bits per heavy atom. The molecule has 24 heavy (non-hydrogen) atoms. The average molecular weight is 317 g/mol. The summed E-state index contributed by atoms with van der Waals surface area (Å²) in [6, 6.07) is 22.0. The number of aryl methyl sites for hydroxylation is 1. The van der Waals surface area contributed by atoms with Crippen LogP contribution in [-0.2, 0) is 4.79 Å². The van der Waals surface area contributed by atoms with Gasteiger partial charge in [0, 0.05) is 5.69 Å². The molecule has 0 spiro atoms. The van der Waals surface area contributed by atoms with Gasteiger partial charge in [-0.25, -0.2) is 5.43 Å². The first-order valence-electron chi connectivity index (χ1n) is 7.82. The molecule has 4 nitrogen and oxygen atoms in total. The first kappa shape index (κ1) is 15.7. The standard InChI is InChI=1S/C20H19N3O/c1-15-6-2-3-9-18(15)13-22-23-20(24)14-21-19-11-10-16-7-4-5-8-17(16)12-19/h2-13,21H,14H2,1H3,(H,23,24)/b22-13-. The van der Waals surface area contributed by atoms with Gasteiger partial charge in [-0.05, 0) is 41.0 Å². The van der Waals surface area contributed by atoms with Gasteiger partial charge in [-0.1, -0.05) is 54.6 Å². The molecule has 3 aromatic carbocycles. The zero-order chi connectivity index (χ0) is 16.8. The van der Waals surface area contributed by atoms with E-state index in [4.69, 9.17) is 0 Å². The molecule has 120 valence electrons. The number of fused-ring (bicyclic) bond motifs is 1. The number of amides is 1. The Bertz CT molecular complexity index is 887. The summed E-state index contributed by atoms with van der Waals surface area (Å²) in [5.74, 6) is -0.187. The van der Waals surface area contributed by atoms with Crippen LogP contribution in [0.1, 0.15) is 11.1 Å². The van der Waals surface area contributed by atoms with Crippen molar-refractivity contribution in [3.05, 3.63) is 77.9 Å². The Balaban J connectivity index is 1.54. The molecule has 0 radical (unpaired) electrons. The minimum absolute atomic E-state index is 0.170. The van der Waals surface area contributed by atoms with E-state index in [1.165, 1.54) is 5.39 Å². The highest BCUT2D eigenvalue weighted by molar-refractivity contribution is 5.88. The molecule has 4 heteroatoms. The highest BCUT2D eigenvalue weighted by Crippen LogP contribution is 2.18. The number of hydrogen-bond acceptors (Lipinski definition) is 3. The van der Waals surface area contributed by atoms with Crippen LogP contribution in [0.4, 0.5) is 5.69 Å². The number of hydrazone groups is 1. The van der Waals surface area contributed by atoms with Gasteiger partial charge in [0.25, 0.3) is 5.91 Å². The van der Waals surface area contributed by atoms with E-state index in [-0.39, 0.29) is 12.5 Å². The monoisotopic (exact) mass is 317 g/mol. The number of carbonyl (C=O) groups is 1. The van der Waals surface area contributed by atoms with Crippen molar-refractivity contribution >= 4 is 28.6 Å². The molecular formula is C20H19N3O. The molecule has 0 aliphatic heterocycles. The summed E-state index contributed by atoms with van der Waals surface area (Å²) in [7, 11) is 0. The molecule has 3 rings (SSSR count). The van der Waals surface area contributed by atoms with Gasteiger partial charge in [0.1, 0.15) is 0 Å². The lowest BCUT2D eigenvalue weighted by atomic mass is 10.1. The second-order valence-electron chi connectivity index (χ2n) is 5.57. The maximum atomic E-state index is 11.9. The van der Waals surface area contributed by atoms with E-state index in [1.807, 2.05) is 67.6 Å². The summed E-state index contributed by atoms with van der Waals surface area (Å²) < 4.78 is 0. The third-order valence-electron chi connectivity index (χ3n) is 3.78. The Kier molecular flexibility index (Phi) is 4.87. The second-order valence-corrected chi connectivity index (χ2v) is 5.57. The number of nitrogens with one attached hydrogen (secondary N) is 2. The van der Waals surface area contributed by atoms with Gasteiger partial charge < -0.3 is 5.32 Å². The van der Waals surface area contributed by atoms with E-state index >= 15 is 0 Å². The minimum atomic E-state index is -0.187. The average Bonchev–Trinajstić information content (AvgIpc) is 2.61. The Morgan fingerprint density at radius 1 is 1.00 bits per heavy atom. The summed E-state index contributed by atoms with van der Waals surface area (Å²) in [6.45, 7) is 2.17. The number of rotatable bonds is 5. The highest BCUT2D eigenvalue weighted by Gasteiger charge is 2.01. The molecule has 2 N–H and O–H groups in total. The lowest BCUT2D eigenvalue weighted by molar-refractivity contribution is -0.119. The molecule has 0 bridgehead atoms. The van der Waals surface area contributed by atoms with Crippen molar-refractivity contribution in [3.63, 3.8) is 0 Å². The zero-order valence-electron chi connectivity index (χ0n) is 13.5. The number of nitrogens with zero attached hydrogens (tertiary/aromatic N) is 1. The van der Waals surface area contributed by atoms with Crippen LogP contribution in [0, 0.1) is 6.92 Å². The summed E-state index contributed by atoms with van der Waals surface area (Å²) in [4.78, 5) is 11.9. The molecule has 0 atom stereocenters. The van der Waals surface area contributed by atoms with Crippen molar-refractivity contribution in [2.45, 2.75) is 6.92 Å². The van der Waals surface area contributed by atoms with Crippen molar-refractivity contribution < 1.29 is 4.79 Å². The molecule has 0 unspecified atom stereocenters. The quantitative estimate of drug-likeness (QED) is 0.557. The summed E-state index contributed by atoms with van der Waals surface area (Å²) in [6.07, 6.45) is 1.66. The fraction of sp³-hybridized carbons (Fsp3) is 0.100. The zero-order valence-corrected chi connectivity index (χ0v) is 13.5. The van der Waals surface area contributed by atoms with Crippen molar-refractivity contribution in [3.8, 4) is 0 Å². The van der Waals surface area contributed by atoms with Crippen LogP contribution in [0.15, 0.2) is 71.8 Å². The molecule has 0 saturated heterocycles. The van der Waals surface area contributed by atoms with E-state index in [9.17, 15) is 4.79 Å². The van der Waals surface area contributed by atoms with Crippen molar-refractivity contribution in [1.82, 2.24) is 5.43 Å². The smallest absolute Gasteiger partial charge is 0.259 e. The Morgan fingerprint density at radius 3 is 2.58 bits per heavy atom. The van der Waals surface area contributed by atoms with E-state index in [0.29, 0.717) is 0 Å². The predicted molar refractivity (Wildman–Crippen MR) is 99.4 cm³/mol. The number of benzene rings is 3. The molecule has 0 fully saturated rings. The SMILES string of the molecule is Cc1ccccc1/C=N\NC(=O)CNc1ccc2ccccc2c1. The van der Waals surface area contributed by atoms with Crippen molar-refractivity contribution in [1.29, 1.82) is 0 Å². The van der Waals surface area contributed by atoms with Gasteiger partial charge >= 0.3 is 0 Å². The molecule has 0 saturated carbocycles. The maximum Gasteiger partial charge on any atom is 0.259 e. The summed E-state index contributed by atoms with van der Waals surface area (Å²) in [5, 5.41) is 9.43. The van der Waals surface area contributed by atoms with Crippen LogP contribution in [-0.4, -0.2) is 18.7 Å². The fourth-order valence-corrected chi connectivity index (χ4v) is 2.43. The third-order valence-corrected chi connectivity index (χ3v) is 3.78. The van der Waals surface area contributed by atoms with Gasteiger partial charge in [-0.3, -0.25) is 4.79 Å². The Hall–Kier alpha value is -3.14. The molecule has 3 aromatic rings. The molecule has 0 aliphatic rings. The third kappa shape index (κ3) is 3.98. The van der Waals surface area contributed by atoms with Crippen molar-refractivity contribution in [2.24, 2.45) is 5.10 Å². The van der Waals surface area contributed by atoms with Crippen LogP contribution >= 0.6 is 0 Å². The lowest BCUT2D eigenvalue weighted by Gasteiger charge is -2.06. The van der Waals surface area contributed by atoms with Crippen molar-refractivity contribution in [2.75, 3.05) is 11.9 Å². The van der Waals surface area contributed by atoms with E-state index < -0.39 is 0 Å². The van der Waals surface area contributed by atoms with Gasteiger partial charge in [0.2, 0.25) is 0 Å². The van der Waals surface area contributed by atoms with Crippen LogP contribution in [0.25, 0.3) is 10.8 Å². The minimum Gasteiger partial charge on any atom is -0.376 e. The lowest BCUT2D eigenvalue weighted by Crippen LogP contribution is -2.25. The predicted octanol–water partition coefficient (Wildman–Crippen LogP) is 3.71. The highest BCUT2D eigenvalue weighted by atomic mass is 16.2. The van der Waals surface area contributed by atoms with Crippen LogP contribution < -0.4 is 10.7 Å². The molecule has 1 amide bonds. The second kappa shape index (κ2) is 7.42. The maximum absolute atomic E-state index is 11.9. The van der Waals surface area contributed by atoms with E-state index in [0.717, 1.165) is 22.2 Å². The van der Waals surface area contributed by atoms with Gasteiger partial charge in [0.15, 0.2) is 0 Å². The Labute approximate surface area is 141 Å². The summed E-state index contributed by atoms with van der Waals surface area (Å²) >= 11 is 0. The normalized spacial score (nSPS) is 10.9. The number of hydrogen-bond donors (Lipinski definition) is 2. The number of anilines is 1. The van der Waals surface area contributed by atoms with Crippen LogP contribution in [0.2, 0.25) is 0 Å². The molecule has 0 aromatic heterocycles. The molecule has 0 heterocycles. The van der Waals surface area contributed by atoms with Gasteiger partial charge in [-0.15, -0.1) is 0 Å². The topological polar surface area (TPSA) is 53.5 Å². The van der Waals surface area contributed by atoms with E-state index in [1.54, 1.807) is 6.21 Å². The van der Waals surface area contributed by atoms with Crippen LogP contribution in [0.3, 0.4) is 0 Å². The molecular weight excluding hydrogens is 298 g/mol.